The first-order valence-electron chi connectivity index (χ1n) is 10.1. The number of hydrogen-bond acceptors (Lipinski definition) is 4. The Morgan fingerprint density at radius 1 is 1.00 bits per heavy atom. The van der Waals surface area contributed by atoms with Crippen LogP contribution in [0.5, 0.6) is 0 Å². The molecule has 5 heteroatoms. The van der Waals surface area contributed by atoms with E-state index in [2.05, 4.69) is 58.6 Å². The van der Waals surface area contributed by atoms with E-state index in [-0.39, 0.29) is 11.8 Å². The molecule has 1 aromatic carbocycles. The quantitative estimate of drug-likeness (QED) is 0.708. The predicted molar refractivity (Wildman–Crippen MR) is 113 cm³/mol. The van der Waals surface area contributed by atoms with E-state index < -0.39 is 0 Å². The summed E-state index contributed by atoms with van der Waals surface area (Å²) in [4.78, 5) is 19.1. The summed E-state index contributed by atoms with van der Waals surface area (Å²) >= 11 is 0. The molecule has 27 heavy (non-hydrogen) atoms. The minimum Gasteiger partial charge on any atom is -0.372 e. The average molecular weight is 367 g/mol. The molecule has 0 unspecified atom stereocenters. The van der Waals surface area contributed by atoms with Gasteiger partial charge in [0.2, 0.25) is 5.91 Å². The molecule has 1 saturated carbocycles. The first-order chi connectivity index (χ1) is 13.2. The van der Waals surface area contributed by atoms with Gasteiger partial charge in [-0.25, -0.2) is 4.98 Å². The zero-order valence-corrected chi connectivity index (χ0v) is 16.4. The smallest absolute Gasteiger partial charge is 0.227 e. The molecule has 3 rings (SSSR count). The van der Waals surface area contributed by atoms with Crippen LogP contribution in [0.3, 0.4) is 0 Å². The Morgan fingerprint density at radius 3 is 2.26 bits per heavy atom. The summed E-state index contributed by atoms with van der Waals surface area (Å²) in [5.41, 5.74) is 2.98. The van der Waals surface area contributed by atoms with Gasteiger partial charge in [0.25, 0.3) is 0 Å². The van der Waals surface area contributed by atoms with Gasteiger partial charge in [0.1, 0.15) is 5.82 Å². The molecule has 0 aliphatic heterocycles. The zero-order chi connectivity index (χ0) is 19.1. The highest BCUT2D eigenvalue weighted by Gasteiger charge is 2.21. The Balaban J connectivity index is 1.56. The van der Waals surface area contributed by atoms with Gasteiger partial charge in [-0.1, -0.05) is 19.3 Å². The van der Waals surface area contributed by atoms with E-state index in [0.717, 1.165) is 56.0 Å². The molecule has 2 aromatic rings. The fourth-order valence-corrected chi connectivity index (χ4v) is 3.64. The third-order valence-corrected chi connectivity index (χ3v) is 5.28. The van der Waals surface area contributed by atoms with Crippen molar-refractivity contribution >= 4 is 28.8 Å². The van der Waals surface area contributed by atoms with Gasteiger partial charge >= 0.3 is 0 Å². The lowest BCUT2D eigenvalue weighted by Crippen LogP contribution is -2.24. The highest BCUT2D eigenvalue weighted by molar-refractivity contribution is 5.92. The second-order valence-corrected chi connectivity index (χ2v) is 7.10. The lowest BCUT2D eigenvalue weighted by atomic mass is 9.88. The van der Waals surface area contributed by atoms with Crippen LogP contribution in [0.1, 0.15) is 46.0 Å². The van der Waals surface area contributed by atoms with Crippen LogP contribution in [-0.4, -0.2) is 24.0 Å². The van der Waals surface area contributed by atoms with Crippen molar-refractivity contribution in [2.24, 2.45) is 5.92 Å². The molecule has 1 amide bonds. The number of carbonyl (C=O) groups excluding carboxylic acids is 1. The summed E-state index contributed by atoms with van der Waals surface area (Å²) in [6.45, 7) is 6.32. The summed E-state index contributed by atoms with van der Waals surface area (Å²) in [5.74, 6) is 1.05. The Kier molecular flexibility index (Phi) is 6.69. The Hall–Kier alpha value is -2.56. The molecule has 5 nitrogen and oxygen atoms in total. The van der Waals surface area contributed by atoms with Gasteiger partial charge < -0.3 is 15.5 Å². The van der Waals surface area contributed by atoms with Crippen LogP contribution in [0, 0.1) is 5.92 Å². The Bertz CT molecular complexity index is 717. The zero-order valence-electron chi connectivity index (χ0n) is 16.4. The van der Waals surface area contributed by atoms with E-state index >= 15 is 0 Å². The molecule has 1 aromatic heterocycles. The average Bonchev–Trinajstić information content (AvgIpc) is 2.72. The van der Waals surface area contributed by atoms with Crippen LogP contribution < -0.4 is 15.5 Å². The molecular weight excluding hydrogens is 336 g/mol. The second kappa shape index (κ2) is 9.40. The van der Waals surface area contributed by atoms with Gasteiger partial charge in [-0.05, 0) is 63.1 Å². The first-order valence-corrected chi connectivity index (χ1v) is 10.1. The highest BCUT2D eigenvalue weighted by atomic mass is 16.1. The lowest BCUT2D eigenvalue weighted by molar-refractivity contribution is -0.120. The molecule has 1 fully saturated rings. The first kappa shape index (κ1) is 19.2. The largest absolute Gasteiger partial charge is 0.372 e. The molecule has 1 aliphatic carbocycles. The summed E-state index contributed by atoms with van der Waals surface area (Å²) < 4.78 is 0. The maximum Gasteiger partial charge on any atom is 0.227 e. The van der Waals surface area contributed by atoms with Gasteiger partial charge in [-0.15, -0.1) is 0 Å². The minimum atomic E-state index is 0.129. The summed E-state index contributed by atoms with van der Waals surface area (Å²) in [6.07, 6.45) is 7.29. The van der Waals surface area contributed by atoms with E-state index in [0.29, 0.717) is 0 Å². The fourth-order valence-electron chi connectivity index (χ4n) is 3.64. The lowest BCUT2D eigenvalue weighted by Gasteiger charge is -2.21. The van der Waals surface area contributed by atoms with Gasteiger partial charge in [-0.3, -0.25) is 4.79 Å². The van der Waals surface area contributed by atoms with Crippen LogP contribution in [0.4, 0.5) is 22.9 Å². The molecule has 0 bridgehead atoms. The normalized spacial score (nSPS) is 14.6. The maximum absolute atomic E-state index is 12.3. The number of carbonyl (C=O) groups is 1. The number of amides is 1. The topological polar surface area (TPSA) is 57.3 Å². The number of anilines is 4. The molecular formula is C22H30N4O. The van der Waals surface area contributed by atoms with Crippen molar-refractivity contribution in [2.45, 2.75) is 46.0 Å². The number of aromatic nitrogens is 1. The number of nitrogens with zero attached hydrogens (tertiary/aromatic N) is 2. The van der Waals surface area contributed by atoms with E-state index in [1.165, 1.54) is 12.1 Å². The van der Waals surface area contributed by atoms with E-state index in [1.54, 1.807) is 6.20 Å². The molecule has 1 aliphatic rings. The van der Waals surface area contributed by atoms with E-state index in [4.69, 9.17) is 0 Å². The second-order valence-electron chi connectivity index (χ2n) is 7.10. The maximum atomic E-state index is 12.3. The third kappa shape index (κ3) is 5.22. The number of pyridine rings is 1. The van der Waals surface area contributed by atoms with Gasteiger partial charge in [0.15, 0.2) is 0 Å². The molecule has 144 valence electrons. The van der Waals surface area contributed by atoms with Crippen molar-refractivity contribution in [1.82, 2.24) is 4.98 Å². The van der Waals surface area contributed by atoms with E-state index in [1.807, 2.05) is 12.1 Å². The van der Waals surface area contributed by atoms with Crippen LogP contribution in [0.15, 0.2) is 42.6 Å². The van der Waals surface area contributed by atoms with Gasteiger partial charge in [0.05, 0.1) is 11.9 Å². The van der Waals surface area contributed by atoms with Crippen molar-refractivity contribution in [1.29, 1.82) is 0 Å². The number of rotatable bonds is 7. The summed E-state index contributed by atoms with van der Waals surface area (Å²) in [7, 11) is 0. The van der Waals surface area contributed by atoms with Crippen LogP contribution in [0.2, 0.25) is 0 Å². The van der Waals surface area contributed by atoms with Crippen molar-refractivity contribution in [3.8, 4) is 0 Å². The Morgan fingerprint density at radius 2 is 1.67 bits per heavy atom. The van der Waals surface area contributed by atoms with Crippen LogP contribution in [-0.2, 0) is 4.79 Å². The molecule has 0 saturated heterocycles. The van der Waals surface area contributed by atoms with Crippen molar-refractivity contribution in [3.63, 3.8) is 0 Å². The molecule has 2 N–H and O–H groups in total. The van der Waals surface area contributed by atoms with Crippen molar-refractivity contribution < 1.29 is 4.79 Å². The van der Waals surface area contributed by atoms with Crippen molar-refractivity contribution in [2.75, 3.05) is 28.6 Å². The molecule has 0 spiro atoms. The Labute approximate surface area is 162 Å². The predicted octanol–water partition coefficient (Wildman–Crippen LogP) is 5.19. The number of benzene rings is 1. The molecule has 0 radical (unpaired) electrons. The van der Waals surface area contributed by atoms with Gasteiger partial charge in [0, 0.05) is 30.4 Å². The minimum absolute atomic E-state index is 0.129. The summed E-state index contributed by atoms with van der Waals surface area (Å²) in [5, 5.41) is 6.31. The highest BCUT2D eigenvalue weighted by Crippen LogP contribution is 2.25. The third-order valence-electron chi connectivity index (χ3n) is 5.28. The molecule has 1 heterocycles. The van der Waals surface area contributed by atoms with Crippen molar-refractivity contribution in [3.05, 3.63) is 42.6 Å². The van der Waals surface area contributed by atoms with Gasteiger partial charge in [-0.2, -0.15) is 0 Å². The van der Waals surface area contributed by atoms with Crippen LogP contribution >= 0.6 is 0 Å². The molecule has 0 atom stereocenters. The number of hydrogen-bond donors (Lipinski definition) is 2. The number of nitrogens with one attached hydrogen (secondary N) is 2. The summed E-state index contributed by atoms with van der Waals surface area (Å²) in [6, 6.07) is 12.2. The van der Waals surface area contributed by atoms with E-state index in [9.17, 15) is 4.79 Å². The monoisotopic (exact) mass is 366 g/mol. The standard InChI is InChI=1S/C22H30N4O/c1-3-26(4-2)20-13-10-18(11-14-20)24-21-15-12-19(16-23-21)25-22(27)17-8-6-5-7-9-17/h10-17H,3-9H2,1-2H3,(H,23,24)(H,25,27). The van der Waals surface area contributed by atoms with Crippen LogP contribution in [0.25, 0.3) is 0 Å². The fraction of sp³-hybridized carbons (Fsp3) is 0.455. The SMILES string of the molecule is CCN(CC)c1ccc(Nc2ccc(NC(=O)C3CCCCC3)cn2)cc1.